The molecule has 0 amide bonds. The van der Waals surface area contributed by atoms with Crippen LogP contribution in [0.15, 0.2) is 84.9 Å². The van der Waals surface area contributed by atoms with E-state index in [0.29, 0.717) is 39.4 Å². The maximum atomic E-state index is 11.2. The van der Waals surface area contributed by atoms with E-state index in [1.54, 1.807) is 24.3 Å². The number of fused-ring (bicyclic) bond motifs is 2. The van der Waals surface area contributed by atoms with E-state index in [1.807, 2.05) is 60.7 Å². The lowest BCUT2D eigenvalue weighted by molar-refractivity contribution is -0.319. The monoisotopic (exact) mass is 662 g/mol. The van der Waals surface area contributed by atoms with Crippen LogP contribution in [0.4, 0.5) is 0 Å². The van der Waals surface area contributed by atoms with Gasteiger partial charge in [0.05, 0.1) is 20.1 Å². The molecule has 4 atom stereocenters. The molecule has 4 aromatic carbocycles. The predicted molar refractivity (Wildman–Crippen MR) is 179 cm³/mol. The van der Waals surface area contributed by atoms with Crippen LogP contribution in [-0.4, -0.2) is 10.4 Å². The number of halogens is 4. The summed E-state index contributed by atoms with van der Waals surface area (Å²) in [5, 5.41) is 22.7. The lowest BCUT2D eigenvalue weighted by atomic mass is 9.73. The smallest absolute Gasteiger partial charge is 0.154 e. The molecule has 2 aliphatic rings. The van der Waals surface area contributed by atoms with Gasteiger partial charge in [-0.2, -0.15) is 0 Å². The van der Waals surface area contributed by atoms with Gasteiger partial charge in [-0.25, -0.2) is 4.89 Å². The lowest BCUT2D eigenvalue weighted by Crippen LogP contribution is -2.37. The van der Waals surface area contributed by atoms with Crippen LogP contribution in [0.3, 0.4) is 0 Å². The molecule has 0 heterocycles. The van der Waals surface area contributed by atoms with E-state index in [4.69, 9.17) is 62.8 Å². The van der Waals surface area contributed by atoms with E-state index in [-0.39, 0.29) is 26.9 Å². The first-order chi connectivity index (χ1) is 19.6. The van der Waals surface area contributed by atoms with Gasteiger partial charge in [0, 0.05) is 12.1 Å². The largest absolute Gasteiger partial charge is 0.380 e. The Morgan fingerprint density at radius 3 is 1.65 bits per heavy atom. The van der Waals surface area contributed by atoms with Crippen LogP contribution in [0.5, 0.6) is 0 Å². The molecule has 0 bridgehead atoms. The number of nitrogens with two attached hydrogens (primary N) is 2. The number of benzene rings is 4. The maximum absolute atomic E-state index is 11.2. The normalized spacial score (nSPS) is 23.8. The quantitative estimate of drug-likeness (QED) is 0.129. The molecule has 230 valence electrons. The van der Waals surface area contributed by atoms with Crippen molar-refractivity contribution in [2.24, 2.45) is 11.5 Å². The number of hydrogen-bond donors (Lipinski definition) is 4. The first kappa shape index (κ1) is 35.3. The summed E-state index contributed by atoms with van der Waals surface area (Å²) < 4.78 is 0. The van der Waals surface area contributed by atoms with Gasteiger partial charge in [0.15, 0.2) is 5.60 Å². The Kier molecular flexibility index (Phi) is 11.7. The van der Waals surface area contributed by atoms with Gasteiger partial charge in [0.1, 0.15) is 5.60 Å². The maximum Gasteiger partial charge on any atom is 0.154 e. The van der Waals surface area contributed by atoms with Crippen molar-refractivity contribution in [3.63, 3.8) is 0 Å². The number of aliphatic hydroxyl groups is 1. The summed E-state index contributed by atoms with van der Waals surface area (Å²) in [4.78, 5) is 4.98. The predicted octanol–water partition coefficient (Wildman–Crippen LogP) is 9.82. The van der Waals surface area contributed by atoms with Crippen molar-refractivity contribution >= 4 is 46.4 Å². The van der Waals surface area contributed by atoms with E-state index >= 15 is 0 Å². The summed E-state index contributed by atoms with van der Waals surface area (Å²) in [6.07, 6.45) is 2.58. The third-order valence-electron chi connectivity index (χ3n) is 8.16. The van der Waals surface area contributed by atoms with Gasteiger partial charge in [-0.05, 0) is 83.3 Å². The minimum absolute atomic E-state index is 0. The van der Waals surface area contributed by atoms with Crippen molar-refractivity contribution in [1.82, 2.24) is 0 Å². The fourth-order valence-corrected chi connectivity index (χ4v) is 6.53. The second-order valence-electron chi connectivity index (χ2n) is 10.5. The highest BCUT2D eigenvalue weighted by Gasteiger charge is 2.42. The Balaban J connectivity index is 0.000000225. The first-order valence-corrected chi connectivity index (χ1v) is 14.8. The summed E-state index contributed by atoms with van der Waals surface area (Å²) in [6, 6.07) is 25.9. The van der Waals surface area contributed by atoms with Crippen LogP contribution < -0.4 is 11.5 Å². The third kappa shape index (κ3) is 6.62. The zero-order chi connectivity index (χ0) is 29.4. The molecule has 0 saturated heterocycles. The van der Waals surface area contributed by atoms with Crippen LogP contribution in [0.2, 0.25) is 20.1 Å². The Hall–Kier alpha value is -2.16. The summed E-state index contributed by atoms with van der Waals surface area (Å²) in [5.41, 5.74) is 15.5. The van der Waals surface area contributed by atoms with E-state index < -0.39 is 11.2 Å². The Morgan fingerprint density at radius 1 is 0.628 bits per heavy atom. The van der Waals surface area contributed by atoms with E-state index in [9.17, 15) is 10.4 Å². The van der Waals surface area contributed by atoms with Gasteiger partial charge in [0.25, 0.3) is 0 Å². The molecule has 4 aromatic rings. The molecule has 5 nitrogen and oxygen atoms in total. The van der Waals surface area contributed by atoms with E-state index in [0.717, 1.165) is 39.8 Å². The molecular weight excluding hydrogens is 626 g/mol. The average molecular weight is 665 g/mol. The summed E-state index contributed by atoms with van der Waals surface area (Å²) in [5.74, 6) is 0. The second-order valence-corrected chi connectivity index (χ2v) is 12.1. The highest BCUT2D eigenvalue weighted by atomic mass is 35.5. The fraction of sp³-hybridized carbons (Fsp3) is 0.294. The molecule has 0 aliphatic heterocycles. The molecule has 2 aliphatic carbocycles. The first-order valence-electron chi connectivity index (χ1n) is 13.3. The number of rotatable bonds is 3. The van der Waals surface area contributed by atoms with Gasteiger partial charge in [-0.3, -0.25) is 5.26 Å². The van der Waals surface area contributed by atoms with Gasteiger partial charge in [-0.1, -0.05) is 122 Å². The zero-order valence-electron chi connectivity index (χ0n) is 22.0. The topological polar surface area (TPSA) is 102 Å². The van der Waals surface area contributed by atoms with Crippen LogP contribution in [0.1, 0.15) is 86.0 Å². The summed E-state index contributed by atoms with van der Waals surface area (Å²) in [6.45, 7) is 0. The SMILES string of the molecule is C.C.N[C@@H]1CCC(O)(c2ccc(Cl)c(Cl)c2)c2ccccc21.N[C@@H]1CCC(OO)(c2ccc(Cl)c(Cl)c2)c2ccccc21. The summed E-state index contributed by atoms with van der Waals surface area (Å²) >= 11 is 24.1. The van der Waals surface area contributed by atoms with Crippen LogP contribution in [0, 0.1) is 0 Å². The van der Waals surface area contributed by atoms with Gasteiger partial charge in [0.2, 0.25) is 0 Å². The van der Waals surface area contributed by atoms with Gasteiger partial charge in [-0.15, -0.1) is 0 Å². The second kappa shape index (κ2) is 14.3. The van der Waals surface area contributed by atoms with Crippen molar-refractivity contribution < 1.29 is 15.3 Å². The van der Waals surface area contributed by atoms with Crippen LogP contribution >= 0.6 is 46.4 Å². The van der Waals surface area contributed by atoms with Crippen molar-refractivity contribution in [3.05, 3.63) is 138 Å². The molecule has 0 fully saturated rings. The molecule has 6 rings (SSSR count). The fourth-order valence-electron chi connectivity index (χ4n) is 5.94. The highest BCUT2D eigenvalue weighted by Crippen LogP contribution is 2.47. The molecule has 0 spiro atoms. The minimum atomic E-state index is -1.05. The highest BCUT2D eigenvalue weighted by molar-refractivity contribution is 6.42. The molecular formula is C34H38Cl4N2O3. The standard InChI is InChI=1S/C16H15Cl2NO2.C16H15Cl2NO.2CH4/c17-13-6-5-10(9-14(13)18)16(21-20)8-7-15(19)11-3-1-2-4-12(11)16;17-13-6-5-10(9-14(13)18)16(20)8-7-15(19)11-3-1-2-4-12(11)16;;/h1-6,9,15,20H,7-8,19H2;1-6,9,15,20H,7-8,19H2;2*1H4/t2*15-,16?;;/m11../s1. The van der Waals surface area contributed by atoms with Gasteiger partial charge >= 0.3 is 0 Å². The number of hydrogen-bond acceptors (Lipinski definition) is 5. The average Bonchev–Trinajstić information content (AvgIpc) is 2.99. The Morgan fingerprint density at radius 2 is 1.09 bits per heavy atom. The molecule has 0 aromatic heterocycles. The summed E-state index contributed by atoms with van der Waals surface area (Å²) in [7, 11) is 0. The molecule has 0 saturated carbocycles. The molecule has 43 heavy (non-hydrogen) atoms. The lowest BCUT2D eigenvalue weighted by Gasteiger charge is -2.39. The Labute approximate surface area is 274 Å². The van der Waals surface area contributed by atoms with Crippen molar-refractivity contribution in [1.29, 1.82) is 0 Å². The molecule has 2 unspecified atom stereocenters. The molecule has 9 heteroatoms. The van der Waals surface area contributed by atoms with E-state index in [2.05, 4.69) is 0 Å². The zero-order valence-corrected chi connectivity index (χ0v) is 25.1. The van der Waals surface area contributed by atoms with E-state index in [1.165, 1.54) is 0 Å². The van der Waals surface area contributed by atoms with Crippen molar-refractivity contribution in [2.45, 2.75) is 63.8 Å². The third-order valence-corrected chi connectivity index (χ3v) is 9.64. The van der Waals surface area contributed by atoms with Crippen LogP contribution in [-0.2, 0) is 16.1 Å². The minimum Gasteiger partial charge on any atom is -0.380 e. The molecule has 6 N–H and O–H groups in total. The van der Waals surface area contributed by atoms with Gasteiger partial charge < -0.3 is 16.6 Å². The van der Waals surface area contributed by atoms with Crippen LogP contribution in [0.25, 0.3) is 0 Å². The van der Waals surface area contributed by atoms with Crippen molar-refractivity contribution in [3.8, 4) is 0 Å². The molecule has 0 radical (unpaired) electrons. The Bertz CT molecular complexity index is 1570. The van der Waals surface area contributed by atoms with Crippen molar-refractivity contribution in [2.75, 3.05) is 0 Å².